The van der Waals surface area contributed by atoms with E-state index in [0.717, 1.165) is 51.0 Å². The number of hydrogen-bond donors (Lipinski definition) is 6. The van der Waals surface area contributed by atoms with Gasteiger partial charge in [0.2, 0.25) is 0 Å². The third-order valence-electron chi connectivity index (χ3n) is 5.77. The topological polar surface area (TPSA) is 150 Å². The van der Waals surface area contributed by atoms with Gasteiger partial charge in [0.05, 0.1) is 57.0 Å². The fraction of sp³-hybridized carbons (Fsp3) is 0.375. The summed E-state index contributed by atoms with van der Waals surface area (Å²) in [5.74, 6) is 2.15. The van der Waals surface area contributed by atoms with Crippen molar-refractivity contribution in [3.05, 3.63) is 71.3 Å². The molecule has 12 nitrogen and oxygen atoms in total. The van der Waals surface area contributed by atoms with Gasteiger partial charge >= 0.3 is 0 Å². The van der Waals surface area contributed by atoms with Crippen molar-refractivity contribution in [2.45, 2.75) is 39.3 Å². The average molecular weight is 496 g/mol. The highest BCUT2D eigenvalue weighted by molar-refractivity contribution is 5.63. The minimum atomic E-state index is 0.524. The highest BCUT2D eigenvalue weighted by Gasteiger charge is 2.26. The van der Waals surface area contributed by atoms with Gasteiger partial charge in [-0.2, -0.15) is 0 Å². The first-order chi connectivity index (χ1) is 17.7. The van der Waals surface area contributed by atoms with E-state index in [2.05, 4.69) is 45.9 Å². The lowest BCUT2D eigenvalue weighted by Crippen LogP contribution is -2.21. The summed E-state index contributed by atoms with van der Waals surface area (Å²) in [7, 11) is 5.00. The standard InChI is InChI=1S/C24H33N9O3/c1-34-22-19(10-25-4-16-7-28-13-31-16)23(35-2)21(12-27-6-18-9-30-15-33-18)24(36-3)20(22)11-26-5-17-8-29-14-32-17/h7-9,13-15,25-27H,4-6,10-12H2,1-3H3,(H,28,31)(H,29,32)(H,30,33). The molecule has 3 heterocycles. The van der Waals surface area contributed by atoms with Crippen LogP contribution >= 0.6 is 0 Å². The van der Waals surface area contributed by atoms with Gasteiger partial charge in [-0.05, 0) is 0 Å². The molecule has 0 atom stereocenters. The lowest BCUT2D eigenvalue weighted by atomic mass is 9.99. The van der Waals surface area contributed by atoms with E-state index in [0.29, 0.717) is 39.3 Å². The molecule has 0 amide bonds. The quantitative estimate of drug-likeness (QED) is 0.145. The number of hydrogen-bond acceptors (Lipinski definition) is 9. The Kier molecular flexibility index (Phi) is 8.92. The normalized spacial score (nSPS) is 11.1. The van der Waals surface area contributed by atoms with E-state index in [1.54, 1.807) is 58.9 Å². The molecule has 4 aromatic rings. The molecule has 0 bridgehead atoms. The summed E-state index contributed by atoms with van der Waals surface area (Å²) in [6, 6.07) is 0. The molecule has 0 aliphatic carbocycles. The van der Waals surface area contributed by atoms with Gasteiger partial charge < -0.3 is 45.1 Å². The predicted molar refractivity (Wildman–Crippen MR) is 133 cm³/mol. The molecule has 3 aromatic heterocycles. The van der Waals surface area contributed by atoms with Crippen molar-refractivity contribution in [3.8, 4) is 17.2 Å². The number of H-pyrrole nitrogens is 3. The molecule has 0 saturated carbocycles. The highest BCUT2D eigenvalue weighted by Crippen LogP contribution is 2.44. The van der Waals surface area contributed by atoms with Crippen LogP contribution in [0.25, 0.3) is 0 Å². The maximum Gasteiger partial charge on any atom is 0.135 e. The molecule has 0 radical (unpaired) electrons. The zero-order chi connectivity index (χ0) is 25.2. The van der Waals surface area contributed by atoms with Gasteiger partial charge in [0.1, 0.15) is 17.2 Å². The van der Waals surface area contributed by atoms with E-state index in [1.165, 1.54) is 0 Å². The van der Waals surface area contributed by atoms with Crippen molar-refractivity contribution in [2.24, 2.45) is 0 Å². The number of nitrogens with zero attached hydrogens (tertiary/aromatic N) is 3. The second-order valence-electron chi connectivity index (χ2n) is 8.08. The van der Waals surface area contributed by atoms with Crippen LogP contribution in [-0.4, -0.2) is 51.2 Å². The SMILES string of the molecule is COc1c(CNCc2cnc[nH]2)c(OC)c(CNCc2cnc[nH]2)c(OC)c1CNCc1cnc[nH]1. The van der Waals surface area contributed by atoms with Gasteiger partial charge in [-0.3, -0.25) is 0 Å². The van der Waals surface area contributed by atoms with Gasteiger partial charge in [0.15, 0.2) is 0 Å². The number of rotatable bonds is 15. The summed E-state index contributed by atoms with van der Waals surface area (Å²) >= 11 is 0. The molecule has 0 unspecified atom stereocenters. The molecular formula is C24H33N9O3. The molecule has 0 saturated heterocycles. The van der Waals surface area contributed by atoms with E-state index in [-0.39, 0.29) is 0 Å². The van der Waals surface area contributed by atoms with Crippen LogP contribution in [-0.2, 0) is 39.3 Å². The lowest BCUT2D eigenvalue weighted by molar-refractivity contribution is 0.350. The Balaban J connectivity index is 1.64. The minimum absolute atomic E-state index is 0.524. The van der Waals surface area contributed by atoms with Crippen LogP contribution in [0.4, 0.5) is 0 Å². The Bertz CT molecular complexity index is 1010. The Hall–Kier alpha value is -3.87. The molecule has 6 N–H and O–H groups in total. The number of aromatic nitrogens is 6. The fourth-order valence-electron chi connectivity index (χ4n) is 4.19. The van der Waals surface area contributed by atoms with Gasteiger partial charge in [-0.1, -0.05) is 0 Å². The first-order valence-electron chi connectivity index (χ1n) is 11.6. The number of benzene rings is 1. The zero-order valence-corrected chi connectivity index (χ0v) is 20.8. The smallest absolute Gasteiger partial charge is 0.135 e. The third-order valence-corrected chi connectivity index (χ3v) is 5.77. The molecule has 192 valence electrons. The van der Waals surface area contributed by atoms with Crippen LogP contribution < -0.4 is 30.2 Å². The third kappa shape index (κ3) is 6.03. The van der Waals surface area contributed by atoms with E-state index < -0.39 is 0 Å². The second-order valence-corrected chi connectivity index (χ2v) is 8.08. The van der Waals surface area contributed by atoms with Gasteiger partial charge in [0, 0.05) is 74.9 Å². The summed E-state index contributed by atoms with van der Waals surface area (Å²) in [6.07, 6.45) is 10.4. The van der Waals surface area contributed by atoms with Crippen LogP contribution in [0.5, 0.6) is 17.2 Å². The number of methoxy groups -OCH3 is 3. The highest BCUT2D eigenvalue weighted by atomic mass is 16.5. The van der Waals surface area contributed by atoms with Gasteiger partial charge in [0.25, 0.3) is 0 Å². The number of imidazole rings is 3. The summed E-state index contributed by atoms with van der Waals surface area (Å²) in [6.45, 7) is 3.45. The fourth-order valence-corrected chi connectivity index (χ4v) is 4.19. The minimum Gasteiger partial charge on any atom is -0.496 e. The van der Waals surface area contributed by atoms with Crippen molar-refractivity contribution in [1.82, 2.24) is 45.9 Å². The zero-order valence-electron chi connectivity index (χ0n) is 20.8. The van der Waals surface area contributed by atoms with Crippen molar-refractivity contribution >= 4 is 0 Å². The van der Waals surface area contributed by atoms with Crippen LogP contribution in [0.2, 0.25) is 0 Å². The molecule has 4 rings (SSSR count). The first-order valence-corrected chi connectivity index (χ1v) is 11.6. The van der Waals surface area contributed by atoms with Gasteiger partial charge in [-0.15, -0.1) is 0 Å². The van der Waals surface area contributed by atoms with E-state index in [9.17, 15) is 0 Å². The summed E-state index contributed by atoms with van der Waals surface area (Å²) < 4.78 is 17.8. The number of ether oxygens (including phenoxy) is 3. The van der Waals surface area contributed by atoms with Crippen molar-refractivity contribution in [2.75, 3.05) is 21.3 Å². The Morgan fingerprint density at radius 2 is 0.833 bits per heavy atom. The monoisotopic (exact) mass is 495 g/mol. The van der Waals surface area contributed by atoms with Crippen molar-refractivity contribution in [1.29, 1.82) is 0 Å². The largest absolute Gasteiger partial charge is 0.496 e. The molecule has 1 aromatic carbocycles. The molecule has 36 heavy (non-hydrogen) atoms. The van der Waals surface area contributed by atoms with E-state index in [4.69, 9.17) is 14.2 Å². The van der Waals surface area contributed by atoms with Crippen LogP contribution in [0.15, 0.2) is 37.6 Å². The second kappa shape index (κ2) is 12.7. The van der Waals surface area contributed by atoms with E-state index >= 15 is 0 Å². The molecule has 0 aliphatic heterocycles. The van der Waals surface area contributed by atoms with Crippen molar-refractivity contribution in [3.63, 3.8) is 0 Å². The first kappa shape index (κ1) is 25.2. The maximum absolute atomic E-state index is 5.94. The van der Waals surface area contributed by atoms with Gasteiger partial charge in [-0.25, -0.2) is 15.0 Å². The predicted octanol–water partition coefficient (Wildman–Crippen LogP) is 1.75. The lowest BCUT2D eigenvalue weighted by Gasteiger charge is -2.25. The average Bonchev–Trinajstić information content (AvgIpc) is 3.68. The Morgan fingerprint density at radius 1 is 0.528 bits per heavy atom. The molecule has 0 spiro atoms. The molecule has 12 heteroatoms. The summed E-state index contributed by atoms with van der Waals surface area (Å²) in [5, 5.41) is 10.4. The van der Waals surface area contributed by atoms with Crippen LogP contribution in [0.1, 0.15) is 33.8 Å². The molecule has 0 aliphatic rings. The van der Waals surface area contributed by atoms with Crippen LogP contribution in [0.3, 0.4) is 0 Å². The maximum atomic E-state index is 5.94. The Labute approximate surface area is 209 Å². The summed E-state index contributed by atoms with van der Waals surface area (Å²) in [5.41, 5.74) is 5.71. The molecular weight excluding hydrogens is 462 g/mol. The Morgan fingerprint density at radius 3 is 1.06 bits per heavy atom. The number of aromatic amines is 3. The summed E-state index contributed by atoms with van der Waals surface area (Å²) in [4.78, 5) is 21.6. The van der Waals surface area contributed by atoms with Crippen molar-refractivity contribution < 1.29 is 14.2 Å². The van der Waals surface area contributed by atoms with E-state index in [1.807, 2.05) is 0 Å². The molecule has 0 fully saturated rings. The number of nitrogens with one attached hydrogen (secondary N) is 6. The van der Waals surface area contributed by atoms with Crippen LogP contribution in [0, 0.1) is 0 Å².